The summed E-state index contributed by atoms with van der Waals surface area (Å²) in [6, 6.07) is 5.85. The fourth-order valence-electron chi connectivity index (χ4n) is 3.06. The number of nitriles is 1. The van der Waals surface area contributed by atoms with Crippen LogP contribution in [0, 0.1) is 11.3 Å². The Morgan fingerprint density at radius 2 is 1.88 bits per heavy atom. The predicted molar refractivity (Wildman–Crippen MR) is 94.6 cm³/mol. The molecule has 0 N–H and O–H groups in total. The van der Waals surface area contributed by atoms with Crippen LogP contribution in [0.5, 0.6) is 0 Å². The molecule has 0 bridgehead atoms. The molecule has 0 radical (unpaired) electrons. The molecule has 1 aliphatic rings. The van der Waals surface area contributed by atoms with Crippen molar-refractivity contribution in [1.82, 2.24) is 9.80 Å². The standard InChI is InChI=1S/C16H19F3N2.C3H7NO/c1-2-8-21-9-6-12(7-10-21)13-4-3-5-15(14(13)11-20)16(17,18)19;1-4(2)3-5/h3-5,12H,2,6-10H2,1H3;3H,1-2H3. The largest absolute Gasteiger partial charge is 0.417 e. The smallest absolute Gasteiger partial charge is 0.351 e. The molecule has 4 nitrogen and oxygen atoms in total. The second-order valence-corrected chi connectivity index (χ2v) is 6.56. The van der Waals surface area contributed by atoms with Gasteiger partial charge in [-0.2, -0.15) is 18.4 Å². The highest BCUT2D eigenvalue weighted by Gasteiger charge is 2.35. The molecule has 0 unspecified atom stereocenters. The van der Waals surface area contributed by atoms with Gasteiger partial charge in [-0.25, -0.2) is 0 Å². The maximum Gasteiger partial charge on any atom is 0.417 e. The Labute approximate surface area is 153 Å². The fourth-order valence-corrected chi connectivity index (χ4v) is 3.06. The summed E-state index contributed by atoms with van der Waals surface area (Å²) in [6.45, 7) is 4.92. The van der Waals surface area contributed by atoms with E-state index in [0.29, 0.717) is 5.56 Å². The van der Waals surface area contributed by atoms with Crippen LogP contribution < -0.4 is 0 Å². The number of halogens is 3. The van der Waals surface area contributed by atoms with E-state index in [-0.39, 0.29) is 11.5 Å². The lowest BCUT2D eigenvalue weighted by Gasteiger charge is -2.32. The van der Waals surface area contributed by atoms with E-state index in [4.69, 9.17) is 5.26 Å². The van der Waals surface area contributed by atoms with Gasteiger partial charge in [-0.3, -0.25) is 4.79 Å². The average Bonchev–Trinajstić information content (AvgIpc) is 2.61. The van der Waals surface area contributed by atoms with Crippen LogP contribution in [0.25, 0.3) is 0 Å². The summed E-state index contributed by atoms with van der Waals surface area (Å²) in [7, 11) is 3.38. The molecule has 2 rings (SSSR count). The number of piperidine rings is 1. The number of amides is 1. The molecule has 1 fully saturated rings. The maximum atomic E-state index is 13.0. The summed E-state index contributed by atoms with van der Waals surface area (Å²) in [5.41, 5.74) is -0.444. The molecule has 1 amide bonds. The molecule has 1 aliphatic heterocycles. The molecular weight excluding hydrogens is 343 g/mol. The first-order valence-corrected chi connectivity index (χ1v) is 8.68. The molecule has 144 valence electrons. The van der Waals surface area contributed by atoms with Gasteiger partial charge in [-0.15, -0.1) is 0 Å². The van der Waals surface area contributed by atoms with Crippen LogP contribution in [0.2, 0.25) is 0 Å². The van der Waals surface area contributed by atoms with Crippen LogP contribution in [-0.4, -0.2) is 49.9 Å². The van der Waals surface area contributed by atoms with E-state index in [0.717, 1.165) is 51.4 Å². The summed E-state index contributed by atoms with van der Waals surface area (Å²) in [5, 5.41) is 9.17. The van der Waals surface area contributed by atoms with E-state index in [1.165, 1.54) is 11.0 Å². The number of alkyl halides is 3. The number of rotatable bonds is 4. The first-order valence-electron chi connectivity index (χ1n) is 8.68. The van der Waals surface area contributed by atoms with Gasteiger partial charge in [-0.1, -0.05) is 19.1 Å². The van der Waals surface area contributed by atoms with Crippen LogP contribution in [0.3, 0.4) is 0 Å². The van der Waals surface area contributed by atoms with E-state index < -0.39 is 11.7 Å². The zero-order valence-electron chi connectivity index (χ0n) is 15.5. The monoisotopic (exact) mass is 369 g/mol. The highest BCUT2D eigenvalue weighted by Crippen LogP contribution is 2.37. The number of carbonyl (C=O) groups excluding carboxylic acids is 1. The van der Waals surface area contributed by atoms with Crippen LogP contribution in [-0.2, 0) is 11.0 Å². The summed E-state index contributed by atoms with van der Waals surface area (Å²) >= 11 is 0. The third-order valence-corrected chi connectivity index (χ3v) is 4.29. The Morgan fingerprint density at radius 3 is 2.31 bits per heavy atom. The normalized spacial score (nSPS) is 15.6. The minimum Gasteiger partial charge on any atom is -0.351 e. The second-order valence-electron chi connectivity index (χ2n) is 6.56. The Balaban J connectivity index is 0.000000597. The molecule has 7 heteroatoms. The third-order valence-electron chi connectivity index (χ3n) is 4.29. The van der Waals surface area contributed by atoms with Crippen LogP contribution in [0.1, 0.15) is 48.8 Å². The Hall–Kier alpha value is -2.07. The van der Waals surface area contributed by atoms with E-state index in [1.807, 2.05) is 0 Å². The third kappa shape index (κ3) is 6.34. The van der Waals surface area contributed by atoms with Crippen molar-refractivity contribution in [2.45, 2.75) is 38.3 Å². The SMILES string of the molecule is CCCN1CCC(c2cccc(C(F)(F)F)c2C#N)CC1.CN(C)C=O. The van der Waals surface area contributed by atoms with E-state index in [9.17, 15) is 18.0 Å². The molecule has 0 saturated carbocycles. The van der Waals surface area contributed by atoms with Crippen LogP contribution in [0.15, 0.2) is 18.2 Å². The lowest BCUT2D eigenvalue weighted by atomic mass is 9.85. The van der Waals surface area contributed by atoms with Crippen molar-refractivity contribution >= 4 is 6.41 Å². The average molecular weight is 369 g/mol. The van der Waals surface area contributed by atoms with Gasteiger partial charge in [-0.05, 0) is 56.4 Å². The van der Waals surface area contributed by atoms with Crippen LogP contribution >= 0.6 is 0 Å². The molecule has 1 aromatic rings. The highest BCUT2D eigenvalue weighted by molar-refractivity contribution is 5.47. The molecule has 0 atom stereocenters. The van der Waals surface area contributed by atoms with Gasteiger partial charge in [0, 0.05) is 14.1 Å². The summed E-state index contributed by atoms with van der Waals surface area (Å²) in [6.07, 6.45) is -1.01. The van der Waals surface area contributed by atoms with Crippen molar-refractivity contribution in [2.75, 3.05) is 33.7 Å². The second kappa shape index (κ2) is 10.2. The Kier molecular flexibility index (Phi) is 8.59. The van der Waals surface area contributed by atoms with Crippen molar-refractivity contribution in [1.29, 1.82) is 5.26 Å². The fraction of sp³-hybridized carbons (Fsp3) is 0.579. The van der Waals surface area contributed by atoms with E-state index in [2.05, 4.69) is 11.8 Å². The Bertz CT molecular complexity index is 615. The minimum absolute atomic E-state index is 0.0510. The molecule has 1 aromatic carbocycles. The molecule has 26 heavy (non-hydrogen) atoms. The van der Waals surface area contributed by atoms with E-state index >= 15 is 0 Å². The highest BCUT2D eigenvalue weighted by atomic mass is 19.4. The van der Waals surface area contributed by atoms with Crippen molar-refractivity contribution < 1.29 is 18.0 Å². The number of hydrogen-bond acceptors (Lipinski definition) is 3. The zero-order valence-corrected chi connectivity index (χ0v) is 15.5. The van der Waals surface area contributed by atoms with Gasteiger partial charge < -0.3 is 9.80 Å². The number of benzene rings is 1. The van der Waals surface area contributed by atoms with Gasteiger partial charge in [0.1, 0.15) is 6.07 Å². The summed E-state index contributed by atoms with van der Waals surface area (Å²) < 4.78 is 39.0. The Morgan fingerprint density at radius 1 is 1.31 bits per heavy atom. The predicted octanol–water partition coefficient (Wildman–Crippen LogP) is 3.87. The van der Waals surface area contributed by atoms with Gasteiger partial charge >= 0.3 is 6.18 Å². The minimum atomic E-state index is -4.47. The van der Waals surface area contributed by atoms with Gasteiger partial charge in [0.25, 0.3) is 0 Å². The number of nitrogens with zero attached hydrogens (tertiary/aromatic N) is 3. The summed E-state index contributed by atoms with van der Waals surface area (Å²) in [5.74, 6) is 0.0510. The lowest BCUT2D eigenvalue weighted by Crippen LogP contribution is -2.33. The van der Waals surface area contributed by atoms with Gasteiger partial charge in [0.2, 0.25) is 6.41 Å². The quantitative estimate of drug-likeness (QED) is 0.757. The number of hydrogen-bond donors (Lipinski definition) is 0. The van der Waals surface area contributed by atoms with Crippen molar-refractivity contribution in [3.63, 3.8) is 0 Å². The van der Waals surface area contributed by atoms with E-state index in [1.54, 1.807) is 26.2 Å². The molecule has 1 saturated heterocycles. The first kappa shape index (κ1) is 22.0. The molecule has 0 aromatic heterocycles. The van der Waals surface area contributed by atoms with Crippen LogP contribution in [0.4, 0.5) is 13.2 Å². The topological polar surface area (TPSA) is 47.3 Å². The number of carbonyl (C=O) groups is 1. The van der Waals surface area contributed by atoms with Gasteiger partial charge in [0.05, 0.1) is 11.1 Å². The first-order chi connectivity index (χ1) is 12.2. The molecule has 1 heterocycles. The van der Waals surface area contributed by atoms with Crippen molar-refractivity contribution in [3.05, 3.63) is 34.9 Å². The lowest BCUT2D eigenvalue weighted by molar-refractivity contribution is -0.137. The molecule has 0 spiro atoms. The van der Waals surface area contributed by atoms with Crippen molar-refractivity contribution in [2.24, 2.45) is 0 Å². The summed E-state index contributed by atoms with van der Waals surface area (Å²) in [4.78, 5) is 13.2. The maximum absolute atomic E-state index is 13.0. The number of likely N-dealkylation sites (tertiary alicyclic amines) is 1. The molecular formula is C19H26F3N3O. The zero-order chi connectivity index (χ0) is 19.7. The van der Waals surface area contributed by atoms with Gasteiger partial charge in [0.15, 0.2) is 0 Å². The van der Waals surface area contributed by atoms with Crippen molar-refractivity contribution in [3.8, 4) is 6.07 Å². The molecule has 0 aliphatic carbocycles.